The average molecular weight is 573 g/mol. The number of unbranched alkanes of at least 4 members (excludes halogenated alkanes) is 9. The lowest BCUT2D eigenvalue weighted by Crippen LogP contribution is -2.47. The zero-order valence-corrected chi connectivity index (χ0v) is 26.7. The van der Waals surface area contributed by atoms with Crippen LogP contribution in [0.15, 0.2) is 0 Å². The largest absolute Gasteiger partial charge is 0.374 e. The number of hydroxylamine groups is 1. The topological polar surface area (TPSA) is 88.4 Å². The highest BCUT2D eigenvalue weighted by Crippen LogP contribution is 2.15. The van der Waals surface area contributed by atoms with Gasteiger partial charge in [-0.25, -0.2) is 5.48 Å². The number of Topliss-reactive ketones (excluding diaryl/α,β-unsaturated/α-hetero) is 1. The molecule has 0 aliphatic carbocycles. The lowest BCUT2D eigenvalue weighted by Gasteiger charge is -2.20. The second-order valence-electron chi connectivity index (χ2n) is 11.1. The molecule has 3 unspecified atom stereocenters. The van der Waals surface area contributed by atoms with E-state index in [1.807, 2.05) is 0 Å². The highest BCUT2D eigenvalue weighted by Gasteiger charge is 2.14. The molecule has 0 amide bonds. The van der Waals surface area contributed by atoms with Gasteiger partial charge in [-0.05, 0) is 50.4 Å². The first-order valence-electron chi connectivity index (χ1n) is 15.5. The lowest BCUT2D eigenvalue weighted by molar-refractivity contribution is -0.120. The van der Waals surface area contributed by atoms with E-state index in [-0.39, 0.29) is 6.17 Å². The molecule has 0 heterocycles. The number of hydrogen-bond acceptors (Lipinski definition) is 6. The summed E-state index contributed by atoms with van der Waals surface area (Å²) in [5.41, 5.74) is 9.32. The van der Waals surface area contributed by atoms with Gasteiger partial charge in [0, 0.05) is 25.9 Å². The Bertz CT molecular complexity index is 607. The van der Waals surface area contributed by atoms with Crippen LogP contribution in [-0.4, -0.2) is 41.6 Å². The first-order valence-corrected chi connectivity index (χ1v) is 16.3. The number of nitrogens with one attached hydrogen (secondary N) is 3. The van der Waals surface area contributed by atoms with Crippen LogP contribution in [0.2, 0.25) is 0 Å². The molecule has 0 aromatic rings. The zero-order valence-electron chi connectivity index (χ0n) is 25.1. The Morgan fingerprint density at radius 1 is 0.789 bits per heavy atom. The quantitative estimate of drug-likeness (QED) is 0.0376. The highest BCUT2D eigenvalue weighted by atomic mass is 32.1. The molecule has 3 atom stereocenters. The zero-order chi connectivity index (χ0) is 28.4. The first-order chi connectivity index (χ1) is 18.3. The Labute approximate surface area is 245 Å². The molecular weight excluding hydrogens is 512 g/mol. The summed E-state index contributed by atoms with van der Waals surface area (Å²) in [6.07, 6.45) is 18.5. The van der Waals surface area contributed by atoms with Gasteiger partial charge in [-0.2, -0.15) is 0 Å². The van der Waals surface area contributed by atoms with E-state index in [1.54, 1.807) is 0 Å². The molecule has 0 fully saturated rings. The summed E-state index contributed by atoms with van der Waals surface area (Å²) in [7, 11) is 0. The normalized spacial score (nSPS) is 13.6. The third-order valence-corrected chi connectivity index (χ3v) is 7.72. The van der Waals surface area contributed by atoms with E-state index in [2.05, 4.69) is 43.8 Å². The molecule has 224 valence electrons. The van der Waals surface area contributed by atoms with Crippen molar-refractivity contribution in [2.24, 2.45) is 17.6 Å². The summed E-state index contributed by atoms with van der Waals surface area (Å²) in [6, 6.07) is 0. The summed E-state index contributed by atoms with van der Waals surface area (Å²) in [5.74, 6) is 1.19. The Morgan fingerprint density at radius 2 is 1.42 bits per heavy atom. The van der Waals surface area contributed by atoms with Gasteiger partial charge in [0.2, 0.25) is 0 Å². The van der Waals surface area contributed by atoms with E-state index < -0.39 is 0 Å². The van der Waals surface area contributed by atoms with Crippen LogP contribution in [0.3, 0.4) is 0 Å². The second-order valence-corrected chi connectivity index (χ2v) is 12.0. The minimum absolute atomic E-state index is 0.256. The molecule has 0 aromatic carbocycles. The van der Waals surface area contributed by atoms with E-state index in [0.717, 1.165) is 58.2 Å². The Morgan fingerprint density at radius 3 is 2.11 bits per heavy atom. The van der Waals surface area contributed by atoms with Gasteiger partial charge in [-0.15, -0.1) is 0 Å². The van der Waals surface area contributed by atoms with Crippen LogP contribution in [0.25, 0.3) is 0 Å². The molecule has 38 heavy (non-hydrogen) atoms. The monoisotopic (exact) mass is 572 g/mol. The first kappa shape index (κ1) is 37.3. The van der Waals surface area contributed by atoms with E-state index >= 15 is 0 Å². The van der Waals surface area contributed by atoms with Crippen molar-refractivity contribution in [3.05, 3.63) is 0 Å². The van der Waals surface area contributed by atoms with E-state index in [4.69, 9.17) is 35.0 Å². The van der Waals surface area contributed by atoms with Crippen molar-refractivity contribution in [2.75, 3.05) is 19.7 Å². The third kappa shape index (κ3) is 24.4. The van der Waals surface area contributed by atoms with Crippen molar-refractivity contribution < 1.29 is 9.63 Å². The van der Waals surface area contributed by atoms with Crippen molar-refractivity contribution in [3.8, 4) is 0 Å². The van der Waals surface area contributed by atoms with Gasteiger partial charge in [-0.3, -0.25) is 4.79 Å². The van der Waals surface area contributed by atoms with Crippen molar-refractivity contribution in [1.82, 2.24) is 16.1 Å². The summed E-state index contributed by atoms with van der Waals surface area (Å²) < 4.78 is 0. The molecular formula is C30H60N4O2S2. The predicted octanol–water partition coefficient (Wildman–Crippen LogP) is 7.14. The van der Waals surface area contributed by atoms with Gasteiger partial charge in [0.25, 0.3) is 0 Å². The minimum atomic E-state index is -0.256. The average Bonchev–Trinajstić information content (AvgIpc) is 2.89. The standard InChI is InChI=1S/C30H60N4O2S2/c1-5-7-9-11-13-15-22-36-33-21-16-17-26(4)24-32-29(37)30(38)34-28(31)20-19-25(3)23-27(35)18-14-12-10-8-6-2/h25-26,28,33H,5-24,31H2,1-4H3,(H,32,37)(H,34,38). The van der Waals surface area contributed by atoms with Crippen LogP contribution < -0.4 is 21.8 Å². The number of thiocarbonyl (C=S) groups is 2. The molecule has 0 saturated carbocycles. The Balaban J connectivity index is 3.79. The predicted molar refractivity (Wildman–Crippen MR) is 171 cm³/mol. The fourth-order valence-corrected chi connectivity index (χ4v) is 4.73. The van der Waals surface area contributed by atoms with Gasteiger partial charge >= 0.3 is 0 Å². The summed E-state index contributed by atoms with van der Waals surface area (Å²) in [5, 5.41) is 6.43. The molecule has 0 saturated heterocycles. The van der Waals surface area contributed by atoms with Gasteiger partial charge in [0.1, 0.15) is 15.8 Å². The van der Waals surface area contributed by atoms with Crippen LogP contribution >= 0.6 is 24.4 Å². The molecule has 0 spiro atoms. The fourth-order valence-electron chi connectivity index (χ4n) is 4.36. The van der Waals surface area contributed by atoms with Gasteiger partial charge < -0.3 is 21.2 Å². The number of carbonyl (C=O) groups is 1. The molecule has 0 radical (unpaired) electrons. The Hall–Kier alpha value is -0.670. The lowest BCUT2D eigenvalue weighted by atomic mass is 9.96. The SMILES string of the molecule is CCCCCCCCONCCCC(C)CNC(=S)C(=S)NC(N)CCC(C)CC(=O)CCCCCCC. The maximum Gasteiger partial charge on any atom is 0.135 e. The van der Waals surface area contributed by atoms with E-state index in [9.17, 15) is 4.79 Å². The van der Waals surface area contributed by atoms with Crippen molar-refractivity contribution >= 4 is 40.2 Å². The molecule has 0 rings (SSSR count). The van der Waals surface area contributed by atoms with E-state index in [0.29, 0.717) is 40.4 Å². The smallest absolute Gasteiger partial charge is 0.135 e. The number of ketones is 1. The number of nitrogens with two attached hydrogens (primary N) is 1. The van der Waals surface area contributed by atoms with Crippen LogP contribution in [0, 0.1) is 11.8 Å². The molecule has 0 aliphatic rings. The summed E-state index contributed by atoms with van der Waals surface area (Å²) in [4.78, 5) is 18.8. The molecule has 0 aromatic heterocycles. The van der Waals surface area contributed by atoms with Gasteiger partial charge in [0.05, 0.1) is 12.8 Å². The molecule has 6 nitrogen and oxygen atoms in total. The molecule has 5 N–H and O–H groups in total. The summed E-state index contributed by atoms with van der Waals surface area (Å²) >= 11 is 10.9. The Kier molecular flexibility index (Phi) is 26.1. The summed E-state index contributed by atoms with van der Waals surface area (Å²) in [6.45, 7) is 11.2. The third-order valence-electron chi connectivity index (χ3n) is 6.92. The van der Waals surface area contributed by atoms with E-state index in [1.165, 1.54) is 57.8 Å². The van der Waals surface area contributed by atoms with Crippen LogP contribution in [-0.2, 0) is 9.63 Å². The fraction of sp³-hybridized carbons (Fsp3) is 0.900. The molecule has 0 bridgehead atoms. The van der Waals surface area contributed by atoms with Crippen molar-refractivity contribution in [2.45, 2.75) is 143 Å². The van der Waals surface area contributed by atoms with Gasteiger partial charge in [0.15, 0.2) is 0 Å². The highest BCUT2D eigenvalue weighted by molar-refractivity contribution is 7.89. The maximum atomic E-state index is 12.2. The van der Waals surface area contributed by atoms with Gasteiger partial charge in [-0.1, -0.05) is 110 Å². The molecule has 0 aliphatic heterocycles. The van der Waals surface area contributed by atoms with Crippen LogP contribution in [0.4, 0.5) is 0 Å². The van der Waals surface area contributed by atoms with Crippen molar-refractivity contribution in [1.29, 1.82) is 0 Å². The van der Waals surface area contributed by atoms with Crippen molar-refractivity contribution in [3.63, 3.8) is 0 Å². The number of hydrogen-bond donors (Lipinski definition) is 4. The minimum Gasteiger partial charge on any atom is -0.374 e. The number of rotatable bonds is 26. The maximum absolute atomic E-state index is 12.2. The molecule has 8 heteroatoms. The second kappa shape index (κ2) is 26.5. The van der Waals surface area contributed by atoms with Crippen LogP contribution in [0.5, 0.6) is 0 Å². The number of carbonyl (C=O) groups excluding carboxylic acids is 1. The van der Waals surface area contributed by atoms with Crippen LogP contribution in [0.1, 0.15) is 137 Å².